The SMILES string of the molecule is N#CC1=C(C#N)/C(C#N)=C(C#N)\C(C#N)=C(C#N)/C=C\1. The Bertz CT molecular complexity index is 780. The van der Waals surface area contributed by atoms with Crippen LogP contribution in [0.2, 0.25) is 0 Å². The van der Waals surface area contributed by atoms with Crippen molar-refractivity contribution in [2.24, 2.45) is 0 Å². The van der Waals surface area contributed by atoms with Crippen molar-refractivity contribution in [3.05, 3.63) is 45.6 Å². The Morgan fingerprint density at radius 2 is 0.750 bits per heavy atom. The minimum atomic E-state index is -0.389. The van der Waals surface area contributed by atoms with Gasteiger partial charge in [0.2, 0.25) is 0 Å². The van der Waals surface area contributed by atoms with Gasteiger partial charge in [-0.1, -0.05) is 0 Å². The molecule has 0 bridgehead atoms. The van der Waals surface area contributed by atoms with E-state index in [0.717, 1.165) is 0 Å². The van der Waals surface area contributed by atoms with Crippen LogP contribution in [0.5, 0.6) is 0 Å². The fourth-order valence-corrected chi connectivity index (χ4v) is 1.49. The van der Waals surface area contributed by atoms with E-state index in [4.69, 9.17) is 31.6 Å². The summed E-state index contributed by atoms with van der Waals surface area (Å²) < 4.78 is 0. The fraction of sp³-hybridized carbons (Fsp3) is 0. The van der Waals surface area contributed by atoms with Crippen LogP contribution in [0.3, 0.4) is 0 Å². The van der Waals surface area contributed by atoms with Gasteiger partial charge in [-0.2, -0.15) is 31.6 Å². The maximum absolute atomic E-state index is 9.10. The number of rotatable bonds is 0. The third-order valence-corrected chi connectivity index (χ3v) is 2.39. The number of nitrogens with zero attached hydrogens (tertiary/aromatic N) is 6. The second-order valence-electron chi connectivity index (χ2n) is 3.33. The van der Waals surface area contributed by atoms with Gasteiger partial charge in [-0.05, 0) is 12.2 Å². The zero-order valence-corrected chi connectivity index (χ0v) is 9.84. The van der Waals surface area contributed by atoms with Crippen molar-refractivity contribution in [1.29, 1.82) is 31.6 Å². The maximum atomic E-state index is 9.10. The normalized spacial score (nSPS) is 26.3. The third-order valence-electron chi connectivity index (χ3n) is 2.39. The van der Waals surface area contributed by atoms with Gasteiger partial charge in [0.1, 0.15) is 36.4 Å². The van der Waals surface area contributed by atoms with Gasteiger partial charge in [0.15, 0.2) is 0 Å². The van der Waals surface area contributed by atoms with Crippen LogP contribution in [0.25, 0.3) is 0 Å². The number of allylic oxidation sites excluding steroid dienone is 8. The molecule has 0 spiro atoms. The maximum Gasteiger partial charge on any atom is 0.102 e. The van der Waals surface area contributed by atoms with Crippen molar-refractivity contribution < 1.29 is 0 Å². The molecule has 0 atom stereocenters. The quantitative estimate of drug-likeness (QED) is 0.641. The van der Waals surface area contributed by atoms with E-state index in [9.17, 15) is 0 Å². The van der Waals surface area contributed by atoms with E-state index in [2.05, 4.69) is 0 Å². The van der Waals surface area contributed by atoms with Crippen LogP contribution >= 0.6 is 0 Å². The van der Waals surface area contributed by atoms with Gasteiger partial charge in [0.05, 0.1) is 33.4 Å². The van der Waals surface area contributed by atoms with Crippen LogP contribution in [0.1, 0.15) is 0 Å². The zero-order valence-electron chi connectivity index (χ0n) is 9.84. The highest BCUT2D eigenvalue weighted by molar-refractivity contribution is 5.72. The van der Waals surface area contributed by atoms with Crippen molar-refractivity contribution >= 4 is 0 Å². The molecule has 0 aromatic carbocycles. The molecule has 6 heteroatoms. The average Bonchev–Trinajstić information content (AvgIpc) is 2.47. The van der Waals surface area contributed by atoms with E-state index in [0.29, 0.717) is 0 Å². The van der Waals surface area contributed by atoms with Crippen LogP contribution < -0.4 is 0 Å². The highest BCUT2D eigenvalue weighted by Crippen LogP contribution is 2.27. The molecule has 1 aliphatic rings. The van der Waals surface area contributed by atoms with Crippen molar-refractivity contribution in [2.45, 2.75) is 0 Å². The molecule has 0 N–H and O–H groups in total. The predicted molar refractivity (Wildman–Crippen MR) is 63.9 cm³/mol. The summed E-state index contributed by atoms with van der Waals surface area (Å²) in [5, 5.41) is 54.3. The van der Waals surface area contributed by atoms with Gasteiger partial charge in [-0.15, -0.1) is 0 Å². The number of nitriles is 6. The van der Waals surface area contributed by atoms with Gasteiger partial charge in [0.25, 0.3) is 0 Å². The molecule has 1 rings (SSSR count). The number of hydrogen-bond donors (Lipinski definition) is 0. The Labute approximate surface area is 114 Å². The highest BCUT2D eigenvalue weighted by Gasteiger charge is 2.22. The molecule has 0 fully saturated rings. The topological polar surface area (TPSA) is 143 Å². The van der Waals surface area contributed by atoms with Crippen LogP contribution in [-0.4, -0.2) is 0 Å². The first-order chi connectivity index (χ1) is 9.68. The summed E-state index contributed by atoms with van der Waals surface area (Å²) in [4.78, 5) is 0. The van der Waals surface area contributed by atoms with E-state index in [1.807, 2.05) is 0 Å². The van der Waals surface area contributed by atoms with E-state index >= 15 is 0 Å². The van der Waals surface area contributed by atoms with Crippen LogP contribution in [0.4, 0.5) is 0 Å². The molecule has 6 nitrogen and oxygen atoms in total. The van der Waals surface area contributed by atoms with Gasteiger partial charge >= 0.3 is 0 Å². The summed E-state index contributed by atoms with van der Waals surface area (Å²) in [7, 11) is 0. The van der Waals surface area contributed by atoms with E-state index in [-0.39, 0.29) is 33.4 Å². The molecule has 20 heavy (non-hydrogen) atoms. The molecule has 0 saturated heterocycles. The van der Waals surface area contributed by atoms with E-state index in [1.54, 1.807) is 36.4 Å². The monoisotopic (exact) mass is 254 g/mol. The second kappa shape index (κ2) is 6.00. The summed E-state index contributed by atoms with van der Waals surface area (Å²) in [6.45, 7) is 0. The Hall–Kier alpha value is -4.10. The van der Waals surface area contributed by atoms with E-state index in [1.165, 1.54) is 12.2 Å². The lowest BCUT2D eigenvalue weighted by Gasteiger charge is -2.06. The predicted octanol–water partition coefficient (Wildman–Crippen LogP) is 1.59. The standard InChI is InChI=1S/C14H2N6/c15-3-9-1-2-10(4-16)12(6-18)14(8-20)13(7-19)11(9)5-17/h1-2H/b2-1-,9-1?,10-2?,11-9+,12-10+,13-11?,14-12?,14-13-. The third kappa shape index (κ3) is 2.14. The van der Waals surface area contributed by atoms with Gasteiger partial charge < -0.3 is 0 Å². The van der Waals surface area contributed by atoms with Crippen molar-refractivity contribution in [3.8, 4) is 36.4 Å². The second-order valence-corrected chi connectivity index (χ2v) is 3.33. The summed E-state index contributed by atoms with van der Waals surface area (Å²) in [5.74, 6) is 0. The first kappa shape index (κ1) is 14.0. The lowest BCUT2D eigenvalue weighted by atomic mass is 9.89. The molecule has 0 saturated carbocycles. The molecular formula is C14H2N6. The lowest BCUT2D eigenvalue weighted by molar-refractivity contribution is 1.32. The largest absolute Gasteiger partial charge is 0.192 e. The molecule has 0 unspecified atom stereocenters. The first-order valence-corrected chi connectivity index (χ1v) is 5.00. The Kier molecular flexibility index (Phi) is 4.19. The minimum absolute atomic E-state index is 0.151. The summed E-state index contributed by atoms with van der Waals surface area (Å²) >= 11 is 0. The number of hydrogen-bond acceptors (Lipinski definition) is 6. The Balaban J connectivity index is 4.02. The Morgan fingerprint density at radius 3 is 0.950 bits per heavy atom. The summed E-state index contributed by atoms with van der Waals surface area (Å²) in [6.07, 6.45) is 2.33. The molecular weight excluding hydrogens is 252 g/mol. The van der Waals surface area contributed by atoms with Gasteiger partial charge in [-0.25, -0.2) is 0 Å². The summed E-state index contributed by atoms with van der Waals surface area (Å²) in [6, 6.07) is 10.1. The molecule has 0 aromatic rings. The van der Waals surface area contributed by atoms with Crippen molar-refractivity contribution in [1.82, 2.24) is 0 Å². The van der Waals surface area contributed by atoms with Gasteiger partial charge in [0, 0.05) is 0 Å². The van der Waals surface area contributed by atoms with Crippen LogP contribution in [0.15, 0.2) is 45.6 Å². The van der Waals surface area contributed by atoms with Crippen molar-refractivity contribution in [2.75, 3.05) is 0 Å². The molecule has 0 radical (unpaired) electrons. The molecule has 0 amide bonds. The highest BCUT2D eigenvalue weighted by atomic mass is 14.4. The lowest BCUT2D eigenvalue weighted by Crippen LogP contribution is -2.01. The van der Waals surface area contributed by atoms with Crippen LogP contribution in [0, 0.1) is 68.0 Å². The fourth-order valence-electron chi connectivity index (χ4n) is 1.49. The minimum Gasteiger partial charge on any atom is -0.192 e. The van der Waals surface area contributed by atoms with Crippen molar-refractivity contribution in [3.63, 3.8) is 0 Å². The zero-order chi connectivity index (χ0) is 15.1. The summed E-state index contributed by atoms with van der Waals surface area (Å²) in [5.41, 5.74) is -1.68. The smallest absolute Gasteiger partial charge is 0.102 e. The molecule has 0 heterocycles. The molecule has 1 aliphatic carbocycles. The van der Waals surface area contributed by atoms with Gasteiger partial charge in [-0.3, -0.25) is 0 Å². The Morgan fingerprint density at radius 1 is 0.450 bits per heavy atom. The molecule has 0 aromatic heterocycles. The molecule has 0 aliphatic heterocycles. The first-order valence-electron chi connectivity index (χ1n) is 5.00. The van der Waals surface area contributed by atoms with E-state index < -0.39 is 0 Å². The molecule has 88 valence electrons. The van der Waals surface area contributed by atoms with Crippen LogP contribution in [-0.2, 0) is 0 Å². The average molecular weight is 254 g/mol.